The first kappa shape index (κ1) is 16.1. The third-order valence-corrected chi connectivity index (χ3v) is 4.25. The minimum atomic E-state index is -1.02. The molecule has 0 atom stereocenters. The van der Waals surface area contributed by atoms with Gasteiger partial charge in [0.2, 0.25) is 0 Å². The van der Waals surface area contributed by atoms with Crippen LogP contribution in [0.4, 0.5) is 5.69 Å². The van der Waals surface area contributed by atoms with Crippen molar-refractivity contribution in [3.05, 3.63) is 51.5 Å². The van der Waals surface area contributed by atoms with Gasteiger partial charge >= 0.3 is 5.97 Å². The minimum absolute atomic E-state index is 0.109. The van der Waals surface area contributed by atoms with Crippen LogP contribution in [-0.2, 0) is 4.79 Å². The van der Waals surface area contributed by atoms with Crippen molar-refractivity contribution >= 4 is 52.2 Å². The van der Waals surface area contributed by atoms with Crippen LogP contribution in [0.15, 0.2) is 41.5 Å². The minimum Gasteiger partial charge on any atom is -0.477 e. The second-order valence-electron chi connectivity index (χ2n) is 5.02. The van der Waals surface area contributed by atoms with E-state index in [9.17, 15) is 4.79 Å². The Labute approximate surface area is 147 Å². The van der Waals surface area contributed by atoms with Gasteiger partial charge in [0.15, 0.2) is 0 Å². The van der Waals surface area contributed by atoms with Crippen molar-refractivity contribution in [3.8, 4) is 11.1 Å². The smallest absolute Gasteiger partial charge is 0.352 e. The number of halogens is 3. The van der Waals surface area contributed by atoms with Crippen molar-refractivity contribution in [1.29, 1.82) is 0 Å². The molecule has 2 aromatic rings. The molecule has 0 radical (unpaired) electrons. The van der Waals surface area contributed by atoms with Gasteiger partial charge in [-0.05, 0) is 29.8 Å². The molecule has 7 heteroatoms. The Hall–Kier alpha value is -1.75. The lowest BCUT2D eigenvalue weighted by atomic mass is 10.0. The summed E-state index contributed by atoms with van der Waals surface area (Å²) in [6.07, 6.45) is 0.356. The normalized spacial score (nSPS) is 14.0. The summed E-state index contributed by atoms with van der Waals surface area (Å²) in [7, 11) is 0. The van der Waals surface area contributed by atoms with E-state index in [2.05, 4.69) is 5.10 Å². The highest BCUT2D eigenvalue weighted by Gasteiger charge is 2.25. The third-order valence-electron chi connectivity index (χ3n) is 3.49. The molecule has 1 heterocycles. The van der Waals surface area contributed by atoms with Crippen molar-refractivity contribution in [2.24, 2.45) is 5.10 Å². The van der Waals surface area contributed by atoms with Crippen molar-refractivity contribution in [3.63, 3.8) is 0 Å². The van der Waals surface area contributed by atoms with Crippen LogP contribution in [0.3, 0.4) is 0 Å². The summed E-state index contributed by atoms with van der Waals surface area (Å²) in [5, 5.41) is 16.4. The van der Waals surface area contributed by atoms with E-state index in [0.29, 0.717) is 33.7 Å². The zero-order valence-electron chi connectivity index (χ0n) is 11.8. The van der Waals surface area contributed by atoms with Crippen LogP contribution in [0.25, 0.3) is 11.1 Å². The van der Waals surface area contributed by atoms with Crippen LogP contribution in [0.5, 0.6) is 0 Å². The second kappa shape index (κ2) is 6.40. The maximum atomic E-state index is 11.1. The van der Waals surface area contributed by atoms with Crippen molar-refractivity contribution in [2.45, 2.75) is 6.42 Å². The van der Waals surface area contributed by atoms with Gasteiger partial charge in [0.25, 0.3) is 0 Å². The van der Waals surface area contributed by atoms with Crippen LogP contribution in [0.2, 0.25) is 15.1 Å². The Morgan fingerprint density at radius 3 is 2.39 bits per heavy atom. The van der Waals surface area contributed by atoms with Crippen molar-refractivity contribution in [1.82, 2.24) is 0 Å². The summed E-state index contributed by atoms with van der Waals surface area (Å²) in [5.41, 5.74) is 2.38. The topological polar surface area (TPSA) is 52.9 Å². The highest BCUT2D eigenvalue weighted by Crippen LogP contribution is 2.41. The molecule has 0 bridgehead atoms. The average molecular weight is 370 g/mol. The molecular weight excluding hydrogens is 359 g/mol. The van der Waals surface area contributed by atoms with E-state index < -0.39 is 5.97 Å². The molecule has 0 unspecified atom stereocenters. The van der Waals surface area contributed by atoms with Gasteiger partial charge in [-0.15, -0.1) is 0 Å². The summed E-state index contributed by atoms with van der Waals surface area (Å²) >= 11 is 18.4. The highest BCUT2D eigenvalue weighted by molar-refractivity contribution is 6.38. The molecule has 0 spiro atoms. The molecule has 0 amide bonds. The van der Waals surface area contributed by atoms with Gasteiger partial charge in [0.05, 0.1) is 10.7 Å². The number of carbonyl (C=O) groups is 1. The predicted octanol–water partition coefficient (Wildman–Crippen LogP) is 4.96. The van der Waals surface area contributed by atoms with Crippen LogP contribution in [-0.4, -0.2) is 23.3 Å². The lowest BCUT2D eigenvalue weighted by Crippen LogP contribution is -2.13. The maximum Gasteiger partial charge on any atom is 0.352 e. The number of carboxylic acid groups (broad SMARTS) is 1. The quantitative estimate of drug-likeness (QED) is 0.831. The van der Waals surface area contributed by atoms with Crippen LogP contribution >= 0.6 is 34.8 Å². The summed E-state index contributed by atoms with van der Waals surface area (Å²) in [4.78, 5) is 11.1. The molecule has 3 rings (SSSR count). The van der Waals surface area contributed by atoms with Gasteiger partial charge in [-0.25, -0.2) is 4.79 Å². The first-order valence-corrected chi connectivity index (χ1v) is 7.92. The first-order valence-electron chi connectivity index (χ1n) is 6.79. The van der Waals surface area contributed by atoms with Gasteiger partial charge in [-0.1, -0.05) is 46.9 Å². The number of aliphatic carboxylic acids is 1. The summed E-state index contributed by atoms with van der Waals surface area (Å²) in [6.45, 7) is 0.448. The number of hydrogen-bond donors (Lipinski definition) is 1. The number of hydrogen-bond acceptors (Lipinski definition) is 3. The van der Waals surface area contributed by atoms with Gasteiger partial charge < -0.3 is 5.11 Å². The molecule has 0 saturated carbocycles. The Morgan fingerprint density at radius 1 is 1.09 bits per heavy atom. The maximum absolute atomic E-state index is 11.1. The van der Waals surface area contributed by atoms with E-state index in [0.717, 1.165) is 11.1 Å². The fourth-order valence-electron chi connectivity index (χ4n) is 2.45. The van der Waals surface area contributed by atoms with Gasteiger partial charge in [-0.2, -0.15) is 5.10 Å². The van der Waals surface area contributed by atoms with E-state index >= 15 is 0 Å². The molecule has 0 fully saturated rings. The zero-order chi connectivity index (χ0) is 16.6. The van der Waals surface area contributed by atoms with Crippen molar-refractivity contribution in [2.75, 3.05) is 11.6 Å². The summed E-state index contributed by atoms with van der Waals surface area (Å²) in [5.74, 6) is -1.02. The van der Waals surface area contributed by atoms with Gasteiger partial charge in [0, 0.05) is 28.6 Å². The molecule has 1 aliphatic rings. The van der Waals surface area contributed by atoms with Gasteiger partial charge in [-0.3, -0.25) is 5.01 Å². The SMILES string of the molecule is O=C(O)C1=NN(c2c(Cl)cc(Cl)cc2-c2ccc(Cl)cc2)CC1. The first-order chi connectivity index (χ1) is 11.0. The lowest BCUT2D eigenvalue weighted by Gasteiger charge is -2.20. The van der Waals surface area contributed by atoms with E-state index in [1.165, 1.54) is 0 Å². The van der Waals surface area contributed by atoms with Crippen LogP contribution < -0.4 is 5.01 Å². The van der Waals surface area contributed by atoms with Crippen LogP contribution in [0.1, 0.15) is 6.42 Å². The number of benzene rings is 2. The number of anilines is 1. The molecule has 2 aromatic carbocycles. The molecule has 0 aromatic heterocycles. The van der Waals surface area contributed by atoms with Gasteiger partial charge in [0.1, 0.15) is 5.71 Å². The molecule has 0 aliphatic carbocycles. The molecule has 0 saturated heterocycles. The Balaban J connectivity index is 2.13. The molecule has 4 nitrogen and oxygen atoms in total. The largest absolute Gasteiger partial charge is 0.477 e. The lowest BCUT2D eigenvalue weighted by molar-refractivity contribution is -0.129. The van der Waals surface area contributed by atoms with E-state index in [1.54, 1.807) is 29.3 Å². The van der Waals surface area contributed by atoms with E-state index in [1.807, 2.05) is 12.1 Å². The number of rotatable bonds is 3. The summed E-state index contributed by atoms with van der Waals surface area (Å²) in [6, 6.07) is 10.6. The molecular formula is C16H11Cl3N2O2. The molecule has 1 N–H and O–H groups in total. The summed E-state index contributed by atoms with van der Waals surface area (Å²) < 4.78 is 0. The number of carboxylic acids is 1. The zero-order valence-corrected chi connectivity index (χ0v) is 14.0. The van der Waals surface area contributed by atoms with E-state index in [-0.39, 0.29) is 5.71 Å². The highest BCUT2D eigenvalue weighted by atomic mass is 35.5. The average Bonchev–Trinajstić information content (AvgIpc) is 2.97. The molecule has 118 valence electrons. The monoisotopic (exact) mass is 368 g/mol. The van der Waals surface area contributed by atoms with E-state index in [4.69, 9.17) is 39.9 Å². The Morgan fingerprint density at radius 2 is 1.78 bits per heavy atom. The number of nitrogens with zero attached hydrogens (tertiary/aromatic N) is 2. The Bertz CT molecular complexity index is 804. The molecule has 23 heavy (non-hydrogen) atoms. The number of hydrazone groups is 1. The standard InChI is InChI=1S/C16H11Cl3N2O2/c17-10-3-1-9(2-4-10)12-7-11(18)8-13(19)15(12)21-6-5-14(20-21)16(22)23/h1-4,7-8H,5-6H2,(H,22,23). The molecule has 1 aliphatic heterocycles. The fraction of sp³-hybridized carbons (Fsp3) is 0.125. The van der Waals surface area contributed by atoms with Crippen LogP contribution in [0, 0.1) is 0 Å². The third kappa shape index (κ3) is 3.29. The predicted molar refractivity (Wildman–Crippen MR) is 93.9 cm³/mol. The fourth-order valence-corrected chi connectivity index (χ4v) is 3.16. The Kier molecular flexibility index (Phi) is 4.48. The van der Waals surface area contributed by atoms with Crippen molar-refractivity contribution < 1.29 is 9.90 Å². The second-order valence-corrected chi connectivity index (χ2v) is 6.30.